The predicted molar refractivity (Wildman–Crippen MR) is 52.9 cm³/mol. The van der Waals surface area contributed by atoms with E-state index in [1.165, 1.54) is 6.92 Å². The number of carbonyl (C=O) groups is 1. The topological polar surface area (TPSA) is 34.4 Å². The Kier molecular flexibility index (Phi) is 1.92. The molecule has 66 valence electrons. The van der Waals surface area contributed by atoms with Gasteiger partial charge in [-0.1, -0.05) is 0 Å². The van der Waals surface area contributed by atoms with Crippen molar-refractivity contribution >= 4 is 27.4 Å². The van der Waals surface area contributed by atoms with E-state index in [4.69, 9.17) is 0 Å². The van der Waals surface area contributed by atoms with Crippen LogP contribution in [0, 0.1) is 0 Å². The number of halogens is 1. The Labute approximate surface area is 83.5 Å². The van der Waals surface area contributed by atoms with Crippen molar-refractivity contribution in [1.82, 2.24) is 9.38 Å². The summed E-state index contributed by atoms with van der Waals surface area (Å²) in [6, 6.07) is 3.79. The van der Waals surface area contributed by atoms with Crippen molar-refractivity contribution in [2.45, 2.75) is 6.92 Å². The van der Waals surface area contributed by atoms with Gasteiger partial charge >= 0.3 is 0 Å². The molecular formula is C9H7BrN2O. The molecule has 0 fully saturated rings. The Morgan fingerprint density at radius 3 is 3.00 bits per heavy atom. The quantitative estimate of drug-likeness (QED) is 0.715. The molecule has 0 N–H and O–H groups in total. The van der Waals surface area contributed by atoms with Crippen LogP contribution in [0.2, 0.25) is 0 Å². The van der Waals surface area contributed by atoms with E-state index < -0.39 is 0 Å². The summed E-state index contributed by atoms with van der Waals surface area (Å²) in [6.45, 7) is 1.51. The zero-order valence-electron chi connectivity index (χ0n) is 6.99. The molecule has 2 heterocycles. The van der Waals surface area contributed by atoms with Crippen LogP contribution in [0.3, 0.4) is 0 Å². The molecule has 4 heteroatoms. The number of nitrogens with zero attached hydrogens (tertiary/aromatic N) is 2. The van der Waals surface area contributed by atoms with E-state index in [9.17, 15) is 4.79 Å². The minimum atomic E-state index is -0.0180. The van der Waals surface area contributed by atoms with Crippen molar-refractivity contribution in [3.05, 3.63) is 34.7 Å². The molecular weight excluding hydrogens is 232 g/mol. The fourth-order valence-corrected chi connectivity index (χ4v) is 1.59. The summed E-state index contributed by atoms with van der Waals surface area (Å²) >= 11 is 3.36. The molecule has 0 unspecified atom stereocenters. The number of hydrogen-bond acceptors (Lipinski definition) is 2. The van der Waals surface area contributed by atoms with E-state index in [0.717, 1.165) is 10.1 Å². The maximum atomic E-state index is 11.0. The van der Waals surface area contributed by atoms with Crippen molar-refractivity contribution in [1.29, 1.82) is 0 Å². The molecule has 0 saturated carbocycles. The van der Waals surface area contributed by atoms with Crippen LogP contribution in [0.15, 0.2) is 29.0 Å². The van der Waals surface area contributed by atoms with Gasteiger partial charge in [0.05, 0.1) is 4.47 Å². The van der Waals surface area contributed by atoms with Crippen LogP contribution in [0.4, 0.5) is 0 Å². The van der Waals surface area contributed by atoms with E-state index in [0.29, 0.717) is 5.69 Å². The summed E-state index contributed by atoms with van der Waals surface area (Å²) in [6.07, 6.45) is 3.59. The van der Waals surface area contributed by atoms with Crippen molar-refractivity contribution in [2.24, 2.45) is 0 Å². The van der Waals surface area contributed by atoms with Crippen molar-refractivity contribution < 1.29 is 4.79 Å². The normalized spacial score (nSPS) is 10.6. The smallest absolute Gasteiger partial charge is 0.179 e. The van der Waals surface area contributed by atoms with Crippen LogP contribution >= 0.6 is 15.9 Å². The van der Waals surface area contributed by atoms with Crippen LogP contribution in [0.25, 0.3) is 5.65 Å². The van der Waals surface area contributed by atoms with Gasteiger partial charge in [0, 0.05) is 19.3 Å². The Hall–Kier alpha value is -1.16. The molecule has 0 radical (unpaired) electrons. The van der Waals surface area contributed by atoms with Crippen molar-refractivity contribution in [3.8, 4) is 0 Å². The number of pyridine rings is 1. The number of imidazole rings is 1. The van der Waals surface area contributed by atoms with Gasteiger partial charge in [0.1, 0.15) is 5.69 Å². The summed E-state index contributed by atoms with van der Waals surface area (Å²) in [5.74, 6) is -0.0180. The summed E-state index contributed by atoms with van der Waals surface area (Å²) < 4.78 is 2.71. The highest BCUT2D eigenvalue weighted by Gasteiger charge is 2.06. The van der Waals surface area contributed by atoms with E-state index in [-0.39, 0.29) is 5.78 Å². The molecule has 0 atom stereocenters. The average Bonchev–Trinajstić information content (AvgIpc) is 2.49. The Morgan fingerprint density at radius 1 is 1.62 bits per heavy atom. The van der Waals surface area contributed by atoms with E-state index >= 15 is 0 Å². The van der Waals surface area contributed by atoms with Gasteiger partial charge in [0.15, 0.2) is 11.4 Å². The molecule has 2 rings (SSSR count). The molecule has 0 aliphatic rings. The maximum absolute atomic E-state index is 11.0. The summed E-state index contributed by atoms with van der Waals surface area (Å²) in [4.78, 5) is 15.2. The lowest BCUT2D eigenvalue weighted by atomic mass is 10.3. The van der Waals surface area contributed by atoms with Gasteiger partial charge in [-0.25, -0.2) is 4.98 Å². The van der Waals surface area contributed by atoms with Gasteiger partial charge in [-0.05, 0) is 28.1 Å². The van der Waals surface area contributed by atoms with Gasteiger partial charge < -0.3 is 4.40 Å². The highest BCUT2D eigenvalue weighted by atomic mass is 79.9. The Morgan fingerprint density at radius 2 is 2.38 bits per heavy atom. The average molecular weight is 239 g/mol. The number of hydrogen-bond donors (Lipinski definition) is 0. The van der Waals surface area contributed by atoms with Gasteiger partial charge in [-0.2, -0.15) is 0 Å². The SMILES string of the molecule is CC(=O)c1cn2cccc(Br)c2n1. The summed E-state index contributed by atoms with van der Waals surface area (Å²) in [5, 5.41) is 0. The third-order valence-corrected chi connectivity index (χ3v) is 2.41. The fraction of sp³-hybridized carbons (Fsp3) is 0.111. The zero-order valence-corrected chi connectivity index (χ0v) is 8.58. The monoisotopic (exact) mass is 238 g/mol. The van der Waals surface area contributed by atoms with Crippen LogP contribution in [-0.2, 0) is 0 Å². The molecule has 0 saturated heterocycles. The summed E-state index contributed by atoms with van der Waals surface area (Å²) in [7, 11) is 0. The minimum absolute atomic E-state index is 0.0180. The van der Waals surface area contributed by atoms with Crippen LogP contribution in [0.1, 0.15) is 17.4 Å². The molecule has 0 aromatic carbocycles. The second kappa shape index (κ2) is 2.96. The number of fused-ring (bicyclic) bond motifs is 1. The first-order chi connectivity index (χ1) is 6.18. The minimum Gasteiger partial charge on any atom is -0.305 e. The number of ketones is 1. The third kappa shape index (κ3) is 1.37. The van der Waals surface area contributed by atoms with Crippen LogP contribution in [-0.4, -0.2) is 15.2 Å². The van der Waals surface area contributed by atoms with E-state index in [1.54, 1.807) is 6.20 Å². The molecule has 0 amide bonds. The van der Waals surface area contributed by atoms with E-state index in [1.807, 2.05) is 22.7 Å². The first-order valence-corrected chi connectivity index (χ1v) is 4.62. The third-order valence-electron chi connectivity index (χ3n) is 1.80. The molecule has 0 bridgehead atoms. The number of rotatable bonds is 1. The number of Topliss-reactive ketones (excluding diaryl/α,β-unsaturated/α-hetero) is 1. The Balaban J connectivity index is 2.75. The fourth-order valence-electron chi connectivity index (χ4n) is 1.15. The highest BCUT2D eigenvalue weighted by molar-refractivity contribution is 9.10. The lowest BCUT2D eigenvalue weighted by Gasteiger charge is -1.92. The van der Waals surface area contributed by atoms with Gasteiger partial charge in [0.25, 0.3) is 0 Å². The van der Waals surface area contributed by atoms with Crippen molar-refractivity contribution in [2.75, 3.05) is 0 Å². The van der Waals surface area contributed by atoms with Crippen molar-refractivity contribution in [3.63, 3.8) is 0 Å². The standard InChI is InChI=1S/C9H7BrN2O/c1-6(13)8-5-12-4-2-3-7(10)9(12)11-8/h2-5H,1H3. The second-order valence-electron chi connectivity index (χ2n) is 2.77. The van der Waals surface area contributed by atoms with Gasteiger partial charge in [-0.15, -0.1) is 0 Å². The van der Waals surface area contributed by atoms with Gasteiger partial charge in [0.2, 0.25) is 0 Å². The van der Waals surface area contributed by atoms with Crippen LogP contribution < -0.4 is 0 Å². The second-order valence-corrected chi connectivity index (χ2v) is 3.62. The van der Waals surface area contributed by atoms with E-state index in [2.05, 4.69) is 20.9 Å². The Bertz CT molecular complexity index is 475. The lowest BCUT2D eigenvalue weighted by Crippen LogP contribution is -1.90. The molecule has 0 spiro atoms. The highest BCUT2D eigenvalue weighted by Crippen LogP contribution is 2.16. The molecule has 0 aliphatic carbocycles. The molecule has 2 aromatic heterocycles. The largest absolute Gasteiger partial charge is 0.305 e. The molecule has 2 aromatic rings. The first kappa shape index (κ1) is 8.44. The molecule has 0 aliphatic heterocycles. The predicted octanol–water partition coefficient (Wildman–Crippen LogP) is 2.30. The molecule has 3 nitrogen and oxygen atoms in total. The first-order valence-electron chi connectivity index (χ1n) is 3.82. The van der Waals surface area contributed by atoms with Crippen LogP contribution in [0.5, 0.6) is 0 Å². The summed E-state index contributed by atoms with van der Waals surface area (Å²) in [5.41, 5.74) is 1.26. The number of carbonyl (C=O) groups excluding carboxylic acids is 1. The number of aromatic nitrogens is 2. The zero-order chi connectivity index (χ0) is 9.42. The molecule has 13 heavy (non-hydrogen) atoms. The van der Waals surface area contributed by atoms with Gasteiger partial charge in [-0.3, -0.25) is 4.79 Å². The maximum Gasteiger partial charge on any atom is 0.179 e. The lowest BCUT2D eigenvalue weighted by molar-refractivity contribution is 0.101.